The second kappa shape index (κ2) is 5.17. The van der Waals surface area contributed by atoms with Gasteiger partial charge in [0.1, 0.15) is 5.01 Å². The van der Waals surface area contributed by atoms with Crippen LogP contribution in [0.2, 0.25) is 0 Å². The van der Waals surface area contributed by atoms with E-state index in [-0.39, 0.29) is 5.97 Å². The summed E-state index contributed by atoms with van der Waals surface area (Å²) in [5.41, 5.74) is -1.92. The van der Waals surface area contributed by atoms with Crippen molar-refractivity contribution in [3.63, 3.8) is 0 Å². The van der Waals surface area contributed by atoms with E-state index >= 15 is 0 Å². The lowest BCUT2D eigenvalue weighted by atomic mass is 9.95. The molecule has 1 saturated heterocycles. The molecule has 0 aliphatic carbocycles. The predicted octanol–water partition coefficient (Wildman–Crippen LogP) is 2.91. The first kappa shape index (κ1) is 14.4. The van der Waals surface area contributed by atoms with Crippen molar-refractivity contribution in [3.8, 4) is 0 Å². The maximum atomic E-state index is 14.7. The van der Waals surface area contributed by atoms with Gasteiger partial charge in [0, 0.05) is 37.5 Å². The van der Waals surface area contributed by atoms with Crippen LogP contribution in [-0.2, 0) is 15.3 Å². The normalized spacial score (nSPS) is 20.2. The van der Waals surface area contributed by atoms with E-state index < -0.39 is 11.1 Å². The van der Waals surface area contributed by atoms with Crippen LogP contribution < -0.4 is 0 Å². The van der Waals surface area contributed by atoms with Crippen molar-refractivity contribution in [2.45, 2.75) is 39.3 Å². The van der Waals surface area contributed by atoms with Crippen molar-refractivity contribution in [3.05, 3.63) is 16.6 Å². The number of carbonyl (C=O) groups excluding carboxylic acids is 1. The van der Waals surface area contributed by atoms with Gasteiger partial charge in [-0.05, 0) is 20.8 Å². The number of halogens is 1. The molecule has 4 nitrogen and oxygen atoms in total. The second-order valence-corrected chi connectivity index (χ2v) is 6.75. The van der Waals surface area contributed by atoms with Gasteiger partial charge in [0.25, 0.3) is 0 Å². The molecule has 2 rings (SSSR count). The Labute approximate surface area is 116 Å². The zero-order chi connectivity index (χ0) is 14.1. The number of aromatic nitrogens is 1. The summed E-state index contributed by atoms with van der Waals surface area (Å²) in [6, 6.07) is 0. The van der Waals surface area contributed by atoms with Crippen LogP contribution in [0.5, 0.6) is 0 Å². The van der Waals surface area contributed by atoms with Crippen LogP contribution in [-0.4, -0.2) is 29.1 Å². The van der Waals surface area contributed by atoms with Gasteiger partial charge in [-0.15, -0.1) is 16.4 Å². The highest BCUT2D eigenvalue weighted by Gasteiger charge is 2.40. The van der Waals surface area contributed by atoms with Gasteiger partial charge < -0.3 is 4.84 Å². The zero-order valence-electron chi connectivity index (χ0n) is 11.5. The predicted molar refractivity (Wildman–Crippen MR) is 71.3 cm³/mol. The van der Waals surface area contributed by atoms with Crippen molar-refractivity contribution in [1.82, 2.24) is 10.0 Å². The summed E-state index contributed by atoms with van der Waals surface area (Å²) >= 11 is 1.34. The summed E-state index contributed by atoms with van der Waals surface area (Å²) in [5, 5.41) is 3.86. The summed E-state index contributed by atoms with van der Waals surface area (Å²) in [7, 11) is 0. The molecule has 1 aromatic heterocycles. The third kappa shape index (κ3) is 3.30. The molecule has 1 fully saturated rings. The van der Waals surface area contributed by atoms with Crippen molar-refractivity contribution >= 4 is 17.3 Å². The van der Waals surface area contributed by atoms with Crippen LogP contribution in [0.4, 0.5) is 4.39 Å². The number of nitrogens with zero attached hydrogens (tertiary/aromatic N) is 2. The van der Waals surface area contributed by atoms with E-state index in [0.29, 0.717) is 30.9 Å². The highest BCUT2D eigenvalue weighted by Crippen LogP contribution is 2.38. The Bertz CT molecular complexity index is 434. The van der Waals surface area contributed by atoms with Gasteiger partial charge in [0.2, 0.25) is 0 Å². The molecule has 0 saturated carbocycles. The maximum absolute atomic E-state index is 14.7. The molecular weight excluding hydrogens is 267 g/mol. The fraction of sp³-hybridized carbons (Fsp3) is 0.692. The minimum absolute atomic E-state index is 0.284. The number of thiazole rings is 1. The van der Waals surface area contributed by atoms with Crippen molar-refractivity contribution in [1.29, 1.82) is 0 Å². The van der Waals surface area contributed by atoms with Gasteiger partial charge in [0.15, 0.2) is 5.67 Å². The topological polar surface area (TPSA) is 42.4 Å². The zero-order valence-corrected chi connectivity index (χ0v) is 12.3. The first-order valence-electron chi connectivity index (χ1n) is 6.37. The van der Waals surface area contributed by atoms with Crippen LogP contribution in [0, 0.1) is 5.41 Å². The molecule has 0 atom stereocenters. The van der Waals surface area contributed by atoms with E-state index in [0.717, 1.165) is 0 Å². The minimum Gasteiger partial charge on any atom is -0.367 e. The third-order valence-corrected chi connectivity index (χ3v) is 4.11. The minimum atomic E-state index is -1.38. The van der Waals surface area contributed by atoms with Crippen molar-refractivity contribution in [2.75, 3.05) is 13.1 Å². The second-order valence-electron chi connectivity index (χ2n) is 5.86. The molecule has 1 aromatic rings. The number of hydroxylamine groups is 2. The van der Waals surface area contributed by atoms with Gasteiger partial charge in [0.05, 0.1) is 5.41 Å². The van der Waals surface area contributed by atoms with Crippen molar-refractivity contribution < 1.29 is 14.0 Å². The summed E-state index contributed by atoms with van der Waals surface area (Å²) in [5.74, 6) is -0.284. The number of hydrogen-bond acceptors (Lipinski definition) is 5. The van der Waals surface area contributed by atoms with Gasteiger partial charge in [-0.1, -0.05) is 0 Å². The molecule has 1 aliphatic heterocycles. The Kier molecular flexibility index (Phi) is 3.92. The molecule has 0 spiro atoms. The number of hydrogen-bond donors (Lipinski definition) is 0. The summed E-state index contributed by atoms with van der Waals surface area (Å²) < 4.78 is 14.7. The third-order valence-electron chi connectivity index (χ3n) is 3.15. The van der Waals surface area contributed by atoms with E-state index in [1.165, 1.54) is 11.3 Å². The molecule has 0 radical (unpaired) electrons. The van der Waals surface area contributed by atoms with Gasteiger partial charge in [-0.25, -0.2) is 14.2 Å². The Morgan fingerprint density at radius 1 is 1.47 bits per heavy atom. The average Bonchev–Trinajstić information content (AvgIpc) is 2.85. The smallest absolute Gasteiger partial charge is 0.330 e. The highest BCUT2D eigenvalue weighted by atomic mass is 32.1. The fourth-order valence-corrected chi connectivity index (χ4v) is 2.63. The maximum Gasteiger partial charge on any atom is 0.330 e. The van der Waals surface area contributed by atoms with Crippen LogP contribution in [0.1, 0.15) is 38.6 Å². The molecule has 0 unspecified atom stereocenters. The highest BCUT2D eigenvalue weighted by molar-refractivity contribution is 7.09. The molecule has 0 bridgehead atoms. The molecule has 1 aliphatic rings. The number of piperidine rings is 1. The lowest BCUT2D eigenvalue weighted by molar-refractivity contribution is -0.210. The Morgan fingerprint density at radius 2 is 2.11 bits per heavy atom. The molecule has 0 N–H and O–H groups in total. The molecule has 0 aromatic carbocycles. The number of alkyl halides is 1. The SMILES string of the molecule is CC(C)(C)C(=O)ON1CCC(F)(c2nccs2)CC1. The van der Waals surface area contributed by atoms with E-state index in [2.05, 4.69) is 4.98 Å². The first-order valence-corrected chi connectivity index (χ1v) is 7.25. The lowest BCUT2D eigenvalue weighted by Crippen LogP contribution is -2.43. The Hall–Kier alpha value is -1.01. The molecule has 0 amide bonds. The molecular formula is C13H19FN2O2S. The molecule has 6 heteroatoms. The summed E-state index contributed by atoms with van der Waals surface area (Å²) in [6.45, 7) is 6.20. The van der Waals surface area contributed by atoms with Crippen LogP contribution >= 0.6 is 11.3 Å². The van der Waals surface area contributed by atoms with Gasteiger partial charge in [-0.2, -0.15) is 0 Å². The van der Waals surface area contributed by atoms with E-state index in [9.17, 15) is 9.18 Å². The standard InChI is InChI=1S/C13H19FN2O2S/c1-12(2,3)11(17)18-16-7-4-13(14,5-8-16)10-15-6-9-19-10/h6,9H,4-5,7-8H2,1-3H3. The van der Waals surface area contributed by atoms with Gasteiger partial charge in [-0.3, -0.25) is 0 Å². The Morgan fingerprint density at radius 3 is 2.58 bits per heavy atom. The van der Waals surface area contributed by atoms with E-state index in [4.69, 9.17) is 4.84 Å². The van der Waals surface area contributed by atoms with Crippen LogP contribution in [0.3, 0.4) is 0 Å². The quantitative estimate of drug-likeness (QED) is 0.838. The van der Waals surface area contributed by atoms with E-state index in [1.54, 1.807) is 37.4 Å². The molecule has 2 heterocycles. The average molecular weight is 286 g/mol. The van der Waals surface area contributed by atoms with E-state index in [1.807, 2.05) is 0 Å². The summed E-state index contributed by atoms with van der Waals surface area (Å²) in [6.07, 6.45) is 2.23. The molecule has 106 valence electrons. The molecule has 19 heavy (non-hydrogen) atoms. The monoisotopic (exact) mass is 286 g/mol. The number of carbonyl (C=O) groups is 1. The lowest BCUT2D eigenvalue weighted by Gasteiger charge is -2.34. The number of rotatable bonds is 2. The Balaban J connectivity index is 1.91. The first-order chi connectivity index (χ1) is 8.81. The largest absolute Gasteiger partial charge is 0.367 e. The summed E-state index contributed by atoms with van der Waals surface area (Å²) in [4.78, 5) is 21.1. The van der Waals surface area contributed by atoms with Crippen LogP contribution in [0.25, 0.3) is 0 Å². The fourth-order valence-electron chi connectivity index (χ4n) is 1.84. The van der Waals surface area contributed by atoms with Crippen molar-refractivity contribution in [2.24, 2.45) is 5.41 Å². The van der Waals surface area contributed by atoms with Gasteiger partial charge >= 0.3 is 5.97 Å². The van der Waals surface area contributed by atoms with Crippen LogP contribution in [0.15, 0.2) is 11.6 Å².